The summed E-state index contributed by atoms with van der Waals surface area (Å²) < 4.78 is 7.01. The van der Waals surface area contributed by atoms with Crippen LogP contribution in [0.1, 0.15) is 25.5 Å². The molecule has 80 valence electrons. The summed E-state index contributed by atoms with van der Waals surface area (Å²) in [7, 11) is 0. The molecule has 14 heavy (non-hydrogen) atoms. The van der Waals surface area contributed by atoms with Crippen molar-refractivity contribution in [3.8, 4) is 0 Å². The lowest BCUT2D eigenvalue weighted by molar-refractivity contribution is 0.0853. The predicted molar refractivity (Wildman–Crippen MR) is 54.2 cm³/mol. The Balaban J connectivity index is 2.29. The zero-order chi connectivity index (χ0) is 10.4. The molecule has 0 aliphatic heterocycles. The third-order valence-corrected chi connectivity index (χ3v) is 1.95. The van der Waals surface area contributed by atoms with Crippen LogP contribution in [0.2, 0.25) is 0 Å². The van der Waals surface area contributed by atoms with E-state index in [9.17, 15) is 0 Å². The topological polar surface area (TPSA) is 47.3 Å². The van der Waals surface area contributed by atoms with E-state index in [1.807, 2.05) is 16.9 Å². The van der Waals surface area contributed by atoms with Crippen molar-refractivity contribution in [2.45, 2.75) is 26.3 Å². The van der Waals surface area contributed by atoms with Crippen molar-refractivity contribution >= 4 is 0 Å². The molecule has 0 spiro atoms. The minimum absolute atomic E-state index is 0.0797. The van der Waals surface area contributed by atoms with Gasteiger partial charge in [-0.25, -0.2) is 0 Å². The lowest BCUT2D eigenvalue weighted by Gasteiger charge is -2.03. The molecule has 4 heteroatoms. The van der Waals surface area contributed by atoms with Crippen LogP contribution in [-0.4, -0.2) is 34.7 Å². The first kappa shape index (κ1) is 11.2. The number of ether oxygens (including phenoxy) is 1. The van der Waals surface area contributed by atoms with Gasteiger partial charge in [0, 0.05) is 6.20 Å². The quantitative estimate of drug-likeness (QED) is 0.694. The van der Waals surface area contributed by atoms with E-state index in [2.05, 4.69) is 18.9 Å². The lowest BCUT2D eigenvalue weighted by Crippen LogP contribution is -2.09. The van der Waals surface area contributed by atoms with Crippen molar-refractivity contribution in [3.05, 3.63) is 18.0 Å². The number of aliphatic hydroxyl groups excluding tert-OH is 1. The van der Waals surface area contributed by atoms with Crippen LogP contribution in [0, 0.1) is 0 Å². The normalized spacial score (nSPS) is 11.1. The molecule has 0 aliphatic carbocycles. The molecule has 0 radical (unpaired) electrons. The van der Waals surface area contributed by atoms with E-state index in [-0.39, 0.29) is 6.61 Å². The van der Waals surface area contributed by atoms with Crippen LogP contribution in [0.15, 0.2) is 12.3 Å². The van der Waals surface area contributed by atoms with Gasteiger partial charge in [-0.3, -0.25) is 4.68 Å². The van der Waals surface area contributed by atoms with Crippen LogP contribution < -0.4 is 0 Å². The Morgan fingerprint density at radius 3 is 2.86 bits per heavy atom. The molecule has 0 fully saturated rings. The van der Waals surface area contributed by atoms with Gasteiger partial charge in [-0.1, -0.05) is 13.8 Å². The van der Waals surface area contributed by atoms with E-state index in [1.165, 1.54) is 0 Å². The molecule has 0 atom stereocenters. The Labute approximate surface area is 84.5 Å². The van der Waals surface area contributed by atoms with E-state index >= 15 is 0 Å². The lowest BCUT2D eigenvalue weighted by atomic mass is 10.1. The maximum Gasteiger partial charge on any atom is 0.0698 e. The number of rotatable bonds is 6. The highest BCUT2D eigenvalue weighted by Crippen LogP contribution is 2.09. The smallest absolute Gasteiger partial charge is 0.0698 e. The number of hydrogen-bond acceptors (Lipinski definition) is 3. The average molecular weight is 198 g/mol. The van der Waals surface area contributed by atoms with Gasteiger partial charge in [0.05, 0.1) is 32.1 Å². The van der Waals surface area contributed by atoms with Crippen molar-refractivity contribution in [2.75, 3.05) is 19.8 Å². The Hall–Kier alpha value is -0.870. The van der Waals surface area contributed by atoms with Crippen molar-refractivity contribution in [2.24, 2.45) is 0 Å². The molecule has 0 aromatic carbocycles. The third kappa shape index (κ3) is 3.47. The Morgan fingerprint density at radius 1 is 1.50 bits per heavy atom. The second kappa shape index (κ2) is 5.78. The van der Waals surface area contributed by atoms with Crippen LogP contribution in [-0.2, 0) is 11.3 Å². The first-order valence-corrected chi connectivity index (χ1v) is 4.96. The highest BCUT2D eigenvalue weighted by molar-refractivity contribution is 5.03. The van der Waals surface area contributed by atoms with Gasteiger partial charge in [0.2, 0.25) is 0 Å². The number of hydrogen-bond donors (Lipinski definition) is 1. The number of aliphatic hydroxyl groups is 1. The summed E-state index contributed by atoms with van der Waals surface area (Å²) in [5, 5.41) is 12.9. The molecule has 1 aromatic heterocycles. The number of nitrogens with zero attached hydrogens (tertiary/aromatic N) is 2. The SMILES string of the molecule is CC(C)c1ccn(CCOCCO)n1. The second-order valence-electron chi connectivity index (χ2n) is 3.49. The van der Waals surface area contributed by atoms with Gasteiger partial charge in [0.25, 0.3) is 0 Å². The molecule has 0 bridgehead atoms. The van der Waals surface area contributed by atoms with E-state index in [4.69, 9.17) is 9.84 Å². The van der Waals surface area contributed by atoms with Gasteiger partial charge in [-0.15, -0.1) is 0 Å². The fourth-order valence-corrected chi connectivity index (χ4v) is 1.13. The van der Waals surface area contributed by atoms with Crippen LogP contribution in [0.25, 0.3) is 0 Å². The Kier molecular flexibility index (Phi) is 4.62. The van der Waals surface area contributed by atoms with Gasteiger partial charge < -0.3 is 9.84 Å². The zero-order valence-corrected chi connectivity index (χ0v) is 8.81. The molecule has 0 amide bonds. The first-order valence-electron chi connectivity index (χ1n) is 4.96. The zero-order valence-electron chi connectivity index (χ0n) is 8.81. The van der Waals surface area contributed by atoms with Crippen molar-refractivity contribution in [1.82, 2.24) is 9.78 Å². The molecular formula is C10H18N2O2. The summed E-state index contributed by atoms with van der Waals surface area (Å²) >= 11 is 0. The minimum Gasteiger partial charge on any atom is -0.394 e. The molecule has 1 aromatic rings. The summed E-state index contributed by atoms with van der Waals surface area (Å²) in [5.41, 5.74) is 1.10. The Morgan fingerprint density at radius 2 is 2.29 bits per heavy atom. The van der Waals surface area contributed by atoms with Gasteiger partial charge in [0.15, 0.2) is 0 Å². The standard InChI is InChI=1S/C10H18N2O2/c1-9(2)10-3-4-12(11-10)5-7-14-8-6-13/h3-4,9,13H,5-8H2,1-2H3. The van der Waals surface area contributed by atoms with Gasteiger partial charge in [-0.05, 0) is 12.0 Å². The van der Waals surface area contributed by atoms with Gasteiger partial charge >= 0.3 is 0 Å². The van der Waals surface area contributed by atoms with Crippen molar-refractivity contribution in [1.29, 1.82) is 0 Å². The van der Waals surface area contributed by atoms with Crippen molar-refractivity contribution < 1.29 is 9.84 Å². The van der Waals surface area contributed by atoms with Crippen molar-refractivity contribution in [3.63, 3.8) is 0 Å². The average Bonchev–Trinajstić information content (AvgIpc) is 2.61. The predicted octanol–water partition coefficient (Wildman–Crippen LogP) is 1.02. The third-order valence-electron chi connectivity index (χ3n) is 1.95. The van der Waals surface area contributed by atoms with Crippen LogP contribution in [0.4, 0.5) is 0 Å². The summed E-state index contributed by atoms with van der Waals surface area (Å²) in [5.74, 6) is 0.467. The molecule has 4 nitrogen and oxygen atoms in total. The number of aromatic nitrogens is 2. The largest absolute Gasteiger partial charge is 0.394 e. The molecule has 0 aliphatic rings. The van der Waals surface area contributed by atoms with Gasteiger partial charge in [0.1, 0.15) is 0 Å². The van der Waals surface area contributed by atoms with Gasteiger partial charge in [-0.2, -0.15) is 5.10 Å². The van der Waals surface area contributed by atoms with E-state index in [0.29, 0.717) is 19.1 Å². The first-order chi connectivity index (χ1) is 6.74. The molecule has 0 saturated carbocycles. The fraction of sp³-hybridized carbons (Fsp3) is 0.700. The molecule has 0 saturated heterocycles. The molecule has 1 heterocycles. The van der Waals surface area contributed by atoms with E-state index in [1.54, 1.807) is 0 Å². The monoisotopic (exact) mass is 198 g/mol. The van der Waals surface area contributed by atoms with Crippen LogP contribution >= 0.6 is 0 Å². The second-order valence-corrected chi connectivity index (χ2v) is 3.49. The van der Waals surface area contributed by atoms with Crippen LogP contribution in [0.3, 0.4) is 0 Å². The maximum absolute atomic E-state index is 8.49. The molecule has 0 unspecified atom stereocenters. The minimum atomic E-state index is 0.0797. The fourth-order valence-electron chi connectivity index (χ4n) is 1.13. The Bertz CT molecular complexity index is 258. The summed E-state index contributed by atoms with van der Waals surface area (Å²) in [6.45, 7) is 6.06. The highest BCUT2D eigenvalue weighted by atomic mass is 16.5. The highest BCUT2D eigenvalue weighted by Gasteiger charge is 2.02. The van der Waals surface area contributed by atoms with Crippen LogP contribution in [0.5, 0.6) is 0 Å². The maximum atomic E-state index is 8.49. The van der Waals surface area contributed by atoms with E-state index in [0.717, 1.165) is 12.2 Å². The summed E-state index contributed by atoms with van der Waals surface area (Å²) in [6.07, 6.45) is 1.96. The molecule has 1 rings (SSSR count). The summed E-state index contributed by atoms with van der Waals surface area (Å²) in [4.78, 5) is 0. The van der Waals surface area contributed by atoms with E-state index < -0.39 is 0 Å². The summed E-state index contributed by atoms with van der Waals surface area (Å²) in [6, 6.07) is 2.02. The molecular weight excluding hydrogens is 180 g/mol. The molecule has 1 N–H and O–H groups in total.